The summed E-state index contributed by atoms with van der Waals surface area (Å²) in [6.45, 7) is 1.68. The summed E-state index contributed by atoms with van der Waals surface area (Å²) in [6.07, 6.45) is 4.58. The van der Waals surface area contributed by atoms with Crippen LogP contribution in [0.4, 0.5) is 0 Å². The number of sulfone groups is 1. The molecule has 1 aliphatic carbocycles. The fourth-order valence-electron chi connectivity index (χ4n) is 1.37. The van der Waals surface area contributed by atoms with Crippen LogP contribution in [-0.4, -0.2) is 26.0 Å². The zero-order chi connectivity index (χ0) is 9.90. The van der Waals surface area contributed by atoms with E-state index in [4.69, 9.17) is 5.73 Å². The van der Waals surface area contributed by atoms with E-state index >= 15 is 0 Å². The molecule has 0 unspecified atom stereocenters. The van der Waals surface area contributed by atoms with Crippen molar-refractivity contribution in [2.45, 2.75) is 32.2 Å². The number of rotatable bonds is 4. The van der Waals surface area contributed by atoms with Crippen LogP contribution in [0.1, 0.15) is 26.2 Å². The zero-order valence-corrected chi connectivity index (χ0v) is 8.81. The molecular weight excluding hydrogens is 186 g/mol. The fraction of sp³-hybridized carbons (Fsp3) is 0.778. The third-order valence-electron chi connectivity index (χ3n) is 2.35. The molecule has 1 rings (SSSR count). The molecule has 0 aromatic heterocycles. The van der Waals surface area contributed by atoms with Crippen LogP contribution in [0.15, 0.2) is 11.6 Å². The highest BCUT2D eigenvalue weighted by molar-refractivity contribution is 7.91. The van der Waals surface area contributed by atoms with Gasteiger partial charge in [0.15, 0.2) is 0 Å². The van der Waals surface area contributed by atoms with Crippen LogP contribution in [0.3, 0.4) is 0 Å². The molecule has 1 fully saturated rings. The second kappa shape index (κ2) is 4.24. The molecule has 2 N–H and O–H groups in total. The van der Waals surface area contributed by atoms with Crippen LogP contribution < -0.4 is 5.73 Å². The van der Waals surface area contributed by atoms with Crippen molar-refractivity contribution in [1.29, 1.82) is 0 Å². The van der Waals surface area contributed by atoms with Gasteiger partial charge >= 0.3 is 0 Å². The summed E-state index contributed by atoms with van der Waals surface area (Å²) in [5.74, 6) is 0.526. The molecule has 0 amide bonds. The summed E-state index contributed by atoms with van der Waals surface area (Å²) in [5, 5.41) is 0. The Balaban J connectivity index is 2.25. The van der Waals surface area contributed by atoms with Gasteiger partial charge in [-0.15, -0.1) is 0 Å². The zero-order valence-electron chi connectivity index (χ0n) is 7.99. The maximum absolute atomic E-state index is 11.1. The predicted octanol–water partition coefficient (Wildman–Crippen LogP) is 0.859. The lowest BCUT2D eigenvalue weighted by atomic mass is 9.87. The van der Waals surface area contributed by atoms with E-state index in [0.717, 1.165) is 12.8 Å². The molecule has 1 aliphatic rings. The van der Waals surface area contributed by atoms with Crippen LogP contribution in [0.5, 0.6) is 0 Å². The normalized spacial score (nSPS) is 22.6. The number of hydrogen-bond donors (Lipinski definition) is 1. The molecular formula is C9H17NO2S. The summed E-state index contributed by atoms with van der Waals surface area (Å²) in [6, 6.07) is 0.314. The summed E-state index contributed by atoms with van der Waals surface area (Å²) in [5.41, 5.74) is 6.91. The van der Waals surface area contributed by atoms with Crippen molar-refractivity contribution in [3.05, 3.63) is 11.6 Å². The van der Waals surface area contributed by atoms with Crippen molar-refractivity contribution in [2.24, 2.45) is 5.73 Å². The van der Waals surface area contributed by atoms with E-state index in [-0.39, 0.29) is 11.5 Å². The monoisotopic (exact) mass is 203 g/mol. The minimum absolute atomic E-state index is 0.246. The lowest BCUT2D eigenvalue weighted by Crippen LogP contribution is -2.30. The fourth-order valence-corrected chi connectivity index (χ4v) is 2.13. The molecule has 3 nitrogen and oxygen atoms in total. The Morgan fingerprint density at radius 3 is 2.62 bits per heavy atom. The number of hydrogen-bond acceptors (Lipinski definition) is 3. The maximum atomic E-state index is 11.1. The molecule has 0 atom stereocenters. The summed E-state index contributed by atoms with van der Waals surface area (Å²) < 4.78 is 22.2. The first-order valence-corrected chi connectivity index (χ1v) is 6.49. The van der Waals surface area contributed by atoms with Gasteiger partial charge in [-0.2, -0.15) is 0 Å². The summed E-state index contributed by atoms with van der Waals surface area (Å²) >= 11 is 0. The lowest BCUT2D eigenvalue weighted by Gasteiger charge is -2.25. The molecule has 0 saturated heterocycles. The van der Waals surface area contributed by atoms with Crippen molar-refractivity contribution in [3.8, 4) is 0 Å². The van der Waals surface area contributed by atoms with Gasteiger partial charge in [0.05, 0.1) is 5.75 Å². The van der Waals surface area contributed by atoms with Crippen LogP contribution >= 0.6 is 0 Å². The molecule has 0 aromatic carbocycles. The molecule has 0 radical (unpaired) electrons. The molecule has 4 heteroatoms. The lowest BCUT2D eigenvalue weighted by molar-refractivity contribution is 0.539. The first kappa shape index (κ1) is 10.7. The minimum Gasteiger partial charge on any atom is -0.327 e. The van der Waals surface area contributed by atoms with Gasteiger partial charge in [-0.25, -0.2) is 8.42 Å². The van der Waals surface area contributed by atoms with Gasteiger partial charge in [0.1, 0.15) is 9.84 Å². The first-order chi connectivity index (χ1) is 6.03. The Morgan fingerprint density at radius 1 is 1.54 bits per heavy atom. The van der Waals surface area contributed by atoms with E-state index in [2.05, 4.69) is 0 Å². The van der Waals surface area contributed by atoms with Crippen LogP contribution in [-0.2, 0) is 9.84 Å². The van der Waals surface area contributed by atoms with E-state index in [0.29, 0.717) is 12.5 Å². The van der Waals surface area contributed by atoms with Crippen molar-refractivity contribution < 1.29 is 8.42 Å². The van der Waals surface area contributed by atoms with Crippen LogP contribution in [0, 0.1) is 0 Å². The van der Waals surface area contributed by atoms with Crippen LogP contribution in [0.25, 0.3) is 0 Å². The Morgan fingerprint density at radius 2 is 2.15 bits per heavy atom. The summed E-state index contributed by atoms with van der Waals surface area (Å²) in [7, 11) is -2.79. The SMILES string of the molecule is CCS(=O)(=O)CCC=C1CC(N)C1. The summed E-state index contributed by atoms with van der Waals surface area (Å²) in [4.78, 5) is 0. The Bertz CT molecular complexity index is 285. The van der Waals surface area contributed by atoms with Crippen LogP contribution in [0.2, 0.25) is 0 Å². The third-order valence-corrected chi connectivity index (χ3v) is 4.09. The van der Waals surface area contributed by atoms with E-state index in [9.17, 15) is 8.42 Å². The molecule has 0 aromatic rings. The van der Waals surface area contributed by atoms with Gasteiger partial charge in [0.25, 0.3) is 0 Å². The molecule has 76 valence electrons. The quantitative estimate of drug-likeness (QED) is 0.689. The standard InChI is InChI=1S/C9H17NO2S/c1-2-13(11,12)5-3-4-8-6-9(10)7-8/h4,9H,2-3,5-7,10H2,1H3. The predicted molar refractivity (Wildman–Crippen MR) is 54.2 cm³/mol. The van der Waals surface area contributed by atoms with Crippen molar-refractivity contribution >= 4 is 9.84 Å². The van der Waals surface area contributed by atoms with Gasteiger partial charge in [-0.1, -0.05) is 18.6 Å². The third kappa shape index (κ3) is 3.48. The van der Waals surface area contributed by atoms with E-state index in [1.165, 1.54) is 5.57 Å². The second-order valence-electron chi connectivity index (χ2n) is 3.56. The molecule has 13 heavy (non-hydrogen) atoms. The number of nitrogens with two attached hydrogens (primary N) is 1. The molecule has 0 spiro atoms. The highest BCUT2D eigenvalue weighted by Crippen LogP contribution is 2.24. The molecule has 0 bridgehead atoms. The molecule has 1 saturated carbocycles. The van der Waals surface area contributed by atoms with Gasteiger partial charge in [0.2, 0.25) is 0 Å². The highest BCUT2D eigenvalue weighted by Gasteiger charge is 2.18. The van der Waals surface area contributed by atoms with Crippen molar-refractivity contribution in [1.82, 2.24) is 0 Å². The highest BCUT2D eigenvalue weighted by atomic mass is 32.2. The van der Waals surface area contributed by atoms with E-state index < -0.39 is 9.84 Å². The maximum Gasteiger partial charge on any atom is 0.150 e. The van der Waals surface area contributed by atoms with Gasteiger partial charge in [0, 0.05) is 11.8 Å². The van der Waals surface area contributed by atoms with Gasteiger partial charge in [-0.05, 0) is 19.3 Å². The topological polar surface area (TPSA) is 60.2 Å². The Labute approximate surface area is 79.9 Å². The average molecular weight is 203 g/mol. The van der Waals surface area contributed by atoms with E-state index in [1.54, 1.807) is 6.92 Å². The van der Waals surface area contributed by atoms with Gasteiger partial charge in [-0.3, -0.25) is 0 Å². The minimum atomic E-state index is -2.79. The first-order valence-electron chi connectivity index (χ1n) is 4.67. The van der Waals surface area contributed by atoms with Crippen molar-refractivity contribution in [2.75, 3.05) is 11.5 Å². The van der Waals surface area contributed by atoms with E-state index in [1.807, 2.05) is 6.08 Å². The molecule has 0 aliphatic heterocycles. The van der Waals surface area contributed by atoms with Crippen molar-refractivity contribution in [3.63, 3.8) is 0 Å². The smallest absolute Gasteiger partial charge is 0.150 e. The number of allylic oxidation sites excluding steroid dienone is 1. The average Bonchev–Trinajstić information content (AvgIpc) is 2.01. The Hall–Kier alpha value is -0.350. The Kier molecular flexibility index (Phi) is 3.50. The molecule has 0 heterocycles. The largest absolute Gasteiger partial charge is 0.327 e. The second-order valence-corrected chi connectivity index (χ2v) is 6.03. The van der Waals surface area contributed by atoms with Gasteiger partial charge < -0.3 is 5.73 Å².